The molecule has 1 rings (SSSR count). The highest BCUT2D eigenvalue weighted by atomic mass is 32.2. The predicted octanol–water partition coefficient (Wildman–Crippen LogP) is 2.80. The molecule has 0 aromatic heterocycles. The molecule has 1 nitrogen and oxygen atoms in total. The Labute approximate surface area is 72.4 Å². The molecule has 1 unspecified atom stereocenters. The Morgan fingerprint density at radius 2 is 2.00 bits per heavy atom. The molecule has 1 aromatic rings. The Kier molecular flexibility index (Phi) is 4.25. The van der Waals surface area contributed by atoms with Gasteiger partial charge in [-0.1, -0.05) is 22.8 Å². The number of thioether (sulfide) groups is 1. The van der Waals surface area contributed by atoms with Crippen molar-refractivity contribution < 1.29 is 4.57 Å². The molecule has 0 aliphatic heterocycles. The average Bonchev–Trinajstić information content (AvgIpc) is 2.07. The lowest BCUT2D eigenvalue weighted by Crippen LogP contribution is -1.77. The van der Waals surface area contributed by atoms with E-state index >= 15 is 0 Å². The van der Waals surface area contributed by atoms with Gasteiger partial charge in [-0.25, -0.2) is 0 Å². The zero-order valence-corrected chi connectivity index (χ0v) is 7.93. The van der Waals surface area contributed by atoms with E-state index in [0.717, 1.165) is 11.9 Å². The molecule has 58 valence electrons. The Hall–Kier alpha value is -0.330. The van der Waals surface area contributed by atoms with Gasteiger partial charge in [-0.2, -0.15) is 0 Å². The first-order chi connectivity index (χ1) is 5.43. The highest BCUT2D eigenvalue weighted by molar-refractivity contribution is 7.99. The van der Waals surface area contributed by atoms with Crippen LogP contribution in [0.3, 0.4) is 0 Å². The first kappa shape index (κ1) is 8.76. The lowest BCUT2D eigenvalue weighted by Gasteiger charge is -1.94. The summed E-state index contributed by atoms with van der Waals surface area (Å²) in [6.45, 7) is 0. The summed E-state index contributed by atoms with van der Waals surface area (Å²) < 4.78 is 10.1. The highest BCUT2D eigenvalue weighted by Crippen LogP contribution is 2.17. The monoisotopic (exact) mass is 185 g/mol. The van der Waals surface area contributed by atoms with Crippen molar-refractivity contribution in [3.63, 3.8) is 0 Å². The minimum atomic E-state index is -0.161. The maximum absolute atomic E-state index is 10.1. The van der Waals surface area contributed by atoms with E-state index < -0.39 is 0 Å². The van der Waals surface area contributed by atoms with E-state index in [2.05, 4.69) is 12.1 Å². The van der Waals surface area contributed by atoms with Gasteiger partial charge in [0.2, 0.25) is 0 Å². The van der Waals surface area contributed by atoms with Crippen molar-refractivity contribution in [3.05, 3.63) is 30.3 Å². The fourth-order valence-electron chi connectivity index (χ4n) is 0.727. The van der Waals surface area contributed by atoms with E-state index in [4.69, 9.17) is 0 Å². The van der Waals surface area contributed by atoms with Gasteiger partial charge in [-0.05, 0) is 12.1 Å². The number of benzene rings is 1. The number of hydrogen-bond acceptors (Lipinski definition) is 2. The van der Waals surface area contributed by atoms with E-state index in [1.807, 2.05) is 18.2 Å². The van der Waals surface area contributed by atoms with E-state index in [1.54, 1.807) is 11.8 Å². The van der Waals surface area contributed by atoms with E-state index in [9.17, 15) is 4.57 Å². The van der Waals surface area contributed by atoms with E-state index in [0.29, 0.717) is 0 Å². The van der Waals surface area contributed by atoms with Gasteiger partial charge in [0.05, 0.1) is 0 Å². The maximum Gasteiger partial charge on any atom is 0.325 e. The first-order valence-electron chi connectivity index (χ1n) is 3.46. The van der Waals surface area contributed by atoms with Crippen LogP contribution in [0.25, 0.3) is 0 Å². The zero-order valence-electron chi connectivity index (χ0n) is 6.12. The fourth-order valence-corrected chi connectivity index (χ4v) is 2.05. The van der Waals surface area contributed by atoms with Gasteiger partial charge < -0.3 is 0 Å². The molecule has 1 aromatic carbocycles. The zero-order chi connectivity index (χ0) is 7.94. The van der Waals surface area contributed by atoms with Gasteiger partial charge in [-0.3, -0.25) is 0 Å². The molecule has 11 heavy (non-hydrogen) atoms. The Morgan fingerprint density at radius 3 is 2.64 bits per heavy atom. The second-order valence-corrected chi connectivity index (χ2v) is 4.01. The Bertz CT molecular complexity index is 213. The molecule has 0 aliphatic rings. The SMILES string of the molecule is O=[PH+]CCSc1ccccc1. The van der Waals surface area contributed by atoms with Crippen LogP contribution in [0.1, 0.15) is 0 Å². The molecule has 0 aliphatic carbocycles. The van der Waals surface area contributed by atoms with Gasteiger partial charge >= 0.3 is 8.46 Å². The van der Waals surface area contributed by atoms with Gasteiger partial charge in [0, 0.05) is 10.6 Å². The topological polar surface area (TPSA) is 17.1 Å². The van der Waals surface area contributed by atoms with Crippen LogP contribution < -0.4 is 0 Å². The van der Waals surface area contributed by atoms with Gasteiger partial charge in [-0.15, -0.1) is 11.8 Å². The van der Waals surface area contributed by atoms with Crippen LogP contribution in [0.4, 0.5) is 0 Å². The smallest absolute Gasteiger partial charge is 0.122 e. The molecule has 0 N–H and O–H groups in total. The summed E-state index contributed by atoms with van der Waals surface area (Å²) >= 11 is 1.75. The third-order valence-corrected chi connectivity index (χ3v) is 3.05. The van der Waals surface area contributed by atoms with Crippen molar-refractivity contribution in [2.24, 2.45) is 0 Å². The summed E-state index contributed by atoms with van der Waals surface area (Å²) in [5.74, 6) is 0.950. The Morgan fingerprint density at radius 1 is 1.27 bits per heavy atom. The minimum absolute atomic E-state index is 0.161. The van der Waals surface area contributed by atoms with Crippen molar-refractivity contribution in [3.8, 4) is 0 Å². The molecule has 0 saturated carbocycles. The van der Waals surface area contributed by atoms with Crippen LogP contribution in [0.2, 0.25) is 0 Å². The van der Waals surface area contributed by atoms with E-state index in [-0.39, 0.29) is 8.46 Å². The van der Waals surface area contributed by atoms with Crippen molar-refractivity contribution >= 4 is 20.2 Å². The second-order valence-electron chi connectivity index (χ2n) is 2.06. The summed E-state index contributed by atoms with van der Waals surface area (Å²) in [7, 11) is -0.161. The molecule has 0 saturated heterocycles. The molecular formula is C8H10OPS+. The molecule has 0 spiro atoms. The normalized spacial score (nSPS) is 10.2. The molecule has 1 atom stereocenters. The van der Waals surface area contributed by atoms with Crippen LogP contribution in [0.15, 0.2) is 35.2 Å². The summed E-state index contributed by atoms with van der Waals surface area (Å²) in [6, 6.07) is 10.2. The quantitative estimate of drug-likeness (QED) is 0.407. The van der Waals surface area contributed by atoms with Crippen molar-refractivity contribution in [1.82, 2.24) is 0 Å². The van der Waals surface area contributed by atoms with Crippen LogP contribution in [0.5, 0.6) is 0 Å². The lowest BCUT2D eigenvalue weighted by molar-refractivity contribution is 0.599. The van der Waals surface area contributed by atoms with E-state index in [1.165, 1.54) is 4.90 Å². The van der Waals surface area contributed by atoms with Crippen LogP contribution in [-0.4, -0.2) is 11.9 Å². The van der Waals surface area contributed by atoms with Crippen LogP contribution in [-0.2, 0) is 4.57 Å². The molecule has 0 radical (unpaired) electrons. The van der Waals surface area contributed by atoms with Crippen LogP contribution in [0, 0.1) is 0 Å². The number of rotatable bonds is 4. The second kappa shape index (κ2) is 5.34. The predicted molar refractivity (Wildman–Crippen MR) is 51.0 cm³/mol. The molecular weight excluding hydrogens is 175 g/mol. The largest absolute Gasteiger partial charge is 0.325 e. The van der Waals surface area contributed by atoms with Crippen molar-refractivity contribution in [2.45, 2.75) is 4.90 Å². The fraction of sp³-hybridized carbons (Fsp3) is 0.250. The van der Waals surface area contributed by atoms with Gasteiger partial charge in [0.1, 0.15) is 0 Å². The molecule has 0 amide bonds. The lowest BCUT2D eigenvalue weighted by atomic mass is 10.4. The molecule has 0 fully saturated rings. The average molecular weight is 185 g/mol. The minimum Gasteiger partial charge on any atom is -0.122 e. The van der Waals surface area contributed by atoms with Crippen molar-refractivity contribution in [2.75, 3.05) is 11.9 Å². The Balaban J connectivity index is 2.33. The first-order valence-corrected chi connectivity index (χ1v) is 5.56. The van der Waals surface area contributed by atoms with Gasteiger partial charge in [0.25, 0.3) is 0 Å². The number of hydrogen-bond donors (Lipinski definition) is 0. The molecule has 0 bridgehead atoms. The van der Waals surface area contributed by atoms with Crippen LogP contribution >= 0.6 is 20.2 Å². The summed E-state index contributed by atoms with van der Waals surface area (Å²) in [5.41, 5.74) is 0. The maximum atomic E-state index is 10.1. The van der Waals surface area contributed by atoms with Crippen molar-refractivity contribution in [1.29, 1.82) is 0 Å². The van der Waals surface area contributed by atoms with Gasteiger partial charge in [0.15, 0.2) is 6.16 Å². The molecule has 3 heteroatoms. The standard InChI is InChI=1S/C8H9OPS/c9-10-6-7-11-8-4-2-1-3-5-8/h1-5H,6-7H2/p+1. The summed E-state index contributed by atoms with van der Waals surface area (Å²) in [4.78, 5) is 1.26. The third kappa shape index (κ3) is 3.54. The summed E-state index contributed by atoms with van der Waals surface area (Å²) in [5, 5.41) is 0. The summed E-state index contributed by atoms with van der Waals surface area (Å²) in [6.07, 6.45) is 0.791. The molecule has 0 heterocycles. The third-order valence-electron chi connectivity index (χ3n) is 1.22. The highest BCUT2D eigenvalue weighted by Gasteiger charge is 1.94.